The highest BCUT2D eigenvalue weighted by Crippen LogP contribution is 2.27. The zero-order chi connectivity index (χ0) is 22.8. The second kappa shape index (κ2) is 8.76. The van der Waals surface area contributed by atoms with Crippen molar-refractivity contribution in [2.24, 2.45) is 0 Å². The third kappa shape index (κ3) is 4.04. The van der Waals surface area contributed by atoms with Crippen molar-refractivity contribution in [1.29, 1.82) is 0 Å². The molecule has 2 aromatic heterocycles. The predicted octanol–water partition coefficient (Wildman–Crippen LogP) is 4.01. The van der Waals surface area contributed by atoms with Crippen molar-refractivity contribution >= 4 is 39.1 Å². The van der Waals surface area contributed by atoms with Crippen LogP contribution in [0.1, 0.15) is 26.6 Å². The highest BCUT2D eigenvalue weighted by Gasteiger charge is 2.23. The molecule has 8 heteroatoms. The van der Waals surface area contributed by atoms with E-state index in [0.717, 1.165) is 22.6 Å². The molecule has 0 radical (unpaired) electrons. The maximum absolute atomic E-state index is 13.4. The molecule has 1 N–H and O–H groups in total. The molecule has 4 rings (SSSR count). The van der Waals surface area contributed by atoms with Crippen LogP contribution in [0.25, 0.3) is 10.2 Å². The topological polar surface area (TPSA) is 92.5 Å². The number of amides is 1. The summed E-state index contributed by atoms with van der Waals surface area (Å²) in [5, 5.41) is 9.64. The van der Waals surface area contributed by atoms with Crippen LogP contribution in [0.4, 0.5) is 5.69 Å². The summed E-state index contributed by atoms with van der Waals surface area (Å²) in [5.74, 6) is -0.997. The van der Waals surface area contributed by atoms with Gasteiger partial charge in [0.25, 0.3) is 5.56 Å². The Hall–Kier alpha value is -3.78. The van der Waals surface area contributed by atoms with Gasteiger partial charge in [0.15, 0.2) is 0 Å². The number of aromatic carboxylic acids is 1. The fourth-order valence-electron chi connectivity index (χ4n) is 3.63. The molecule has 0 fully saturated rings. The van der Waals surface area contributed by atoms with E-state index in [2.05, 4.69) is 4.98 Å². The standard InChI is InChI=1S/C24H21N3O4S/c1-15-20-22(32-21(15)24(30)31)25-16(2)26(23(20)29)14-19(28)27(18-11-7-4-8-12-18)13-17-9-5-3-6-10-17/h3-12H,13-14H2,1-2H3,(H,30,31). The van der Waals surface area contributed by atoms with E-state index in [1.54, 1.807) is 18.7 Å². The molecule has 4 aromatic rings. The highest BCUT2D eigenvalue weighted by molar-refractivity contribution is 7.20. The summed E-state index contributed by atoms with van der Waals surface area (Å²) in [5.41, 5.74) is 1.65. The summed E-state index contributed by atoms with van der Waals surface area (Å²) in [6.07, 6.45) is 0. The maximum Gasteiger partial charge on any atom is 0.346 e. The molecule has 162 valence electrons. The normalized spacial score (nSPS) is 10.9. The number of hydrogen-bond donors (Lipinski definition) is 1. The Balaban J connectivity index is 1.74. The van der Waals surface area contributed by atoms with Crippen LogP contribution in [0.2, 0.25) is 0 Å². The molecular formula is C24H21N3O4S. The molecular weight excluding hydrogens is 426 g/mol. The molecule has 0 saturated heterocycles. The van der Waals surface area contributed by atoms with Gasteiger partial charge < -0.3 is 10.0 Å². The molecule has 0 atom stereocenters. The Bertz CT molecular complexity index is 1360. The highest BCUT2D eigenvalue weighted by atomic mass is 32.1. The lowest BCUT2D eigenvalue weighted by molar-refractivity contribution is -0.119. The van der Waals surface area contributed by atoms with Gasteiger partial charge in [-0.2, -0.15) is 0 Å². The first-order chi connectivity index (χ1) is 15.4. The van der Waals surface area contributed by atoms with Gasteiger partial charge in [0.1, 0.15) is 22.1 Å². The van der Waals surface area contributed by atoms with Crippen molar-refractivity contribution in [3.05, 3.63) is 92.8 Å². The molecule has 32 heavy (non-hydrogen) atoms. The summed E-state index contributed by atoms with van der Waals surface area (Å²) in [7, 11) is 0. The lowest BCUT2D eigenvalue weighted by Gasteiger charge is -2.24. The third-order valence-corrected chi connectivity index (χ3v) is 6.45. The molecule has 0 aliphatic carbocycles. The second-order valence-corrected chi connectivity index (χ2v) is 8.39. The Kier molecular flexibility index (Phi) is 5.87. The van der Waals surface area contributed by atoms with Crippen molar-refractivity contribution < 1.29 is 14.7 Å². The summed E-state index contributed by atoms with van der Waals surface area (Å²) >= 11 is 0.974. The first-order valence-electron chi connectivity index (χ1n) is 10.00. The Morgan fingerprint density at radius 2 is 1.66 bits per heavy atom. The van der Waals surface area contributed by atoms with Crippen LogP contribution in [0.15, 0.2) is 65.5 Å². The minimum absolute atomic E-state index is 0.0862. The second-order valence-electron chi connectivity index (χ2n) is 7.39. The van der Waals surface area contributed by atoms with E-state index in [1.807, 2.05) is 60.7 Å². The summed E-state index contributed by atoms with van der Waals surface area (Å²) in [6, 6.07) is 18.9. The van der Waals surface area contributed by atoms with Gasteiger partial charge in [-0.15, -0.1) is 11.3 Å². The monoisotopic (exact) mass is 447 g/mol. The number of para-hydroxylation sites is 1. The largest absolute Gasteiger partial charge is 0.477 e. The Morgan fingerprint density at radius 3 is 2.28 bits per heavy atom. The molecule has 7 nitrogen and oxygen atoms in total. The van der Waals surface area contributed by atoms with Gasteiger partial charge in [-0.1, -0.05) is 48.5 Å². The Labute approximate surface area is 188 Å². The minimum Gasteiger partial charge on any atom is -0.477 e. The molecule has 0 bridgehead atoms. The minimum atomic E-state index is -1.09. The van der Waals surface area contributed by atoms with Crippen molar-refractivity contribution in [2.45, 2.75) is 26.9 Å². The summed E-state index contributed by atoms with van der Waals surface area (Å²) < 4.78 is 1.32. The number of aromatic nitrogens is 2. The fraction of sp³-hybridized carbons (Fsp3) is 0.167. The van der Waals surface area contributed by atoms with Gasteiger partial charge in [-0.05, 0) is 37.1 Å². The van der Waals surface area contributed by atoms with Crippen LogP contribution in [-0.2, 0) is 17.9 Å². The van der Waals surface area contributed by atoms with E-state index in [4.69, 9.17) is 0 Å². The van der Waals surface area contributed by atoms with Crippen molar-refractivity contribution in [3.8, 4) is 0 Å². The number of fused-ring (bicyclic) bond motifs is 1. The molecule has 0 aliphatic rings. The van der Waals surface area contributed by atoms with E-state index in [-0.39, 0.29) is 22.7 Å². The number of carboxylic acid groups (broad SMARTS) is 1. The van der Waals surface area contributed by atoms with Gasteiger partial charge in [-0.3, -0.25) is 14.2 Å². The Morgan fingerprint density at radius 1 is 1.03 bits per heavy atom. The molecule has 2 aromatic carbocycles. The molecule has 0 spiro atoms. The van der Waals surface area contributed by atoms with E-state index < -0.39 is 11.5 Å². The van der Waals surface area contributed by atoms with Crippen LogP contribution in [0, 0.1) is 13.8 Å². The van der Waals surface area contributed by atoms with Crippen LogP contribution >= 0.6 is 11.3 Å². The molecule has 0 saturated carbocycles. The number of aryl methyl sites for hydroxylation is 2. The number of benzene rings is 2. The van der Waals surface area contributed by atoms with E-state index in [9.17, 15) is 19.5 Å². The molecule has 1 amide bonds. The van der Waals surface area contributed by atoms with Crippen molar-refractivity contribution in [1.82, 2.24) is 9.55 Å². The van der Waals surface area contributed by atoms with Crippen molar-refractivity contribution in [3.63, 3.8) is 0 Å². The first kappa shape index (κ1) is 21.5. The number of anilines is 1. The van der Waals surface area contributed by atoms with Gasteiger partial charge in [0.05, 0.1) is 11.9 Å². The van der Waals surface area contributed by atoms with Crippen molar-refractivity contribution in [2.75, 3.05) is 4.90 Å². The molecule has 2 heterocycles. The number of nitrogens with zero attached hydrogens (tertiary/aromatic N) is 3. The van der Waals surface area contributed by atoms with E-state index in [0.29, 0.717) is 22.8 Å². The van der Waals surface area contributed by atoms with Gasteiger partial charge in [-0.25, -0.2) is 9.78 Å². The zero-order valence-electron chi connectivity index (χ0n) is 17.6. The quantitative estimate of drug-likeness (QED) is 0.482. The van der Waals surface area contributed by atoms with E-state index in [1.165, 1.54) is 4.57 Å². The number of thiophene rings is 1. The van der Waals surface area contributed by atoms with E-state index >= 15 is 0 Å². The van der Waals surface area contributed by atoms with Gasteiger partial charge in [0.2, 0.25) is 5.91 Å². The number of hydrogen-bond acceptors (Lipinski definition) is 5. The first-order valence-corrected chi connectivity index (χ1v) is 10.8. The molecule has 0 aliphatic heterocycles. The fourth-order valence-corrected chi connectivity index (χ4v) is 4.68. The number of rotatable bonds is 6. The number of carbonyl (C=O) groups is 2. The predicted molar refractivity (Wildman–Crippen MR) is 124 cm³/mol. The van der Waals surface area contributed by atoms with Crippen LogP contribution in [-0.4, -0.2) is 26.5 Å². The average molecular weight is 448 g/mol. The summed E-state index contributed by atoms with van der Waals surface area (Å²) in [4.78, 5) is 44.6. The maximum atomic E-state index is 13.4. The summed E-state index contributed by atoms with van der Waals surface area (Å²) in [6.45, 7) is 3.40. The average Bonchev–Trinajstić information content (AvgIpc) is 3.12. The lowest BCUT2D eigenvalue weighted by atomic mass is 10.2. The zero-order valence-corrected chi connectivity index (χ0v) is 18.4. The number of carbonyl (C=O) groups excluding carboxylic acids is 1. The van der Waals surface area contributed by atoms with Gasteiger partial charge in [0, 0.05) is 5.69 Å². The van der Waals surface area contributed by atoms with Gasteiger partial charge >= 0.3 is 5.97 Å². The molecule has 0 unspecified atom stereocenters. The smallest absolute Gasteiger partial charge is 0.346 e. The van der Waals surface area contributed by atoms with Crippen LogP contribution < -0.4 is 10.5 Å². The van der Waals surface area contributed by atoms with Crippen LogP contribution in [0.5, 0.6) is 0 Å². The van der Waals surface area contributed by atoms with Crippen LogP contribution in [0.3, 0.4) is 0 Å². The SMILES string of the molecule is Cc1c(C(=O)O)sc2nc(C)n(CC(=O)N(Cc3ccccc3)c3ccccc3)c(=O)c12. The lowest BCUT2D eigenvalue weighted by Crippen LogP contribution is -2.37. The number of carboxylic acids is 1. The third-order valence-electron chi connectivity index (χ3n) is 5.28.